The molecule has 2 rings (SSSR count). The standard InChI is InChI=1S/C14H18O4/c1-3-4-7-17-12-6-5-10(13-9-18-13)8-11(12)14(15)16-2/h5-6,8,13H,3-4,7,9H2,1-2H3/t13-/m0/s1. The average Bonchev–Trinajstić information content (AvgIpc) is 3.23. The number of hydrogen-bond donors (Lipinski definition) is 0. The zero-order valence-corrected chi connectivity index (χ0v) is 10.8. The van der Waals surface area contributed by atoms with E-state index in [1.165, 1.54) is 7.11 Å². The van der Waals surface area contributed by atoms with Crippen molar-refractivity contribution >= 4 is 5.97 Å². The molecule has 0 aliphatic carbocycles. The molecule has 1 fully saturated rings. The summed E-state index contributed by atoms with van der Waals surface area (Å²) >= 11 is 0. The second kappa shape index (κ2) is 5.87. The average molecular weight is 250 g/mol. The van der Waals surface area contributed by atoms with Gasteiger partial charge >= 0.3 is 5.97 Å². The summed E-state index contributed by atoms with van der Waals surface area (Å²) in [6.07, 6.45) is 2.15. The summed E-state index contributed by atoms with van der Waals surface area (Å²) in [5.74, 6) is 0.212. The van der Waals surface area contributed by atoms with E-state index in [2.05, 4.69) is 6.92 Å². The smallest absolute Gasteiger partial charge is 0.341 e. The number of esters is 1. The number of ether oxygens (including phenoxy) is 3. The molecular formula is C14H18O4. The quantitative estimate of drug-likeness (QED) is 0.442. The molecule has 0 amide bonds. The van der Waals surface area contributed by atoms with Gasteiger partial charge in [-0.3, -0.25) is 0 Å². The number of hydrogen-bond acceptors (Lipinski definition) is 4. The van der Waals surface area contributed by atoms with Gasteiger partial charge in [0.25, 0.3) is 0 Å². The summed E-state index contributed by atoms with van der Waals surface area (Å²) < 4.78 is 15.6. The van der Waals surface area contributed by atoms with Crippen LogP contribution in [0.5, 0.6) is 5.75 Å². The fourth-order valence-electron chi connectivity index (χ4n) is 1.71. The first kappa shape index (κ1) is 12.9. The third-order valence-corrected chi connectivity index (χ3v) is 2.87. The molecular weight excluding hydrogens is 232 g/mol. The third kappa shape index (κ3) is 3.01. The molecule has 98 valence electrons. The van der Waals surface area contributed by atoms with Crippen LogP contribution in [0.25, 0.3) is 0 Å². The van der Waals surface area contributed by atoms with E-state index in [9.17, 15) is 4.79 Å². The van der Waals surface area contributed by atoms with E-state index in [4.69, 9.17) is 14.2 Å². The highest BCUT2D eigenvalue weighted by atomic mass is 16.6. The normalized spacial score (nSPS) is 17.3. The SMILES string of the molecule is CCCCOc1ccc([C@@H]2CO2)cc1C(=O)OC. The molecule has 1 saturated heterocycles. The fourth-order valence-corrected chi connectivity index (χ4v) is 1.71. The highest BCUT2D eigenvalue weighted by molar-refractivity contribution is 5.92. The fraction of sp³-hybridized carbons (Fsp3) is 0.500. The Morgan fingerprint density at radius 3 is 2.89 bits per heavy atom. The van der Waals surface area contributed by atoms with E-state index in [-0.39, 0.29) is 12.1 Å². The lowest BCUT2D eigenvalue weighted by Gasteiger charge is -2.11. The minimum Gasteiger partial charge on any atom is -0.493 e. The lowest BCUT2D eigenvalue weighted by atomic mass is 10.1. The van der Waals surface area contributed by atoms with Gasteiger partial charge in [-0.1, -0.05) is 19.4 Å². The van der Waals surface area contributed by atoms with Crippen LogP contribution < -0.4 is 4.74 Å². The highest BCUT2D eigenvalue weighted by Crippen LogP contribution is 2.33. The number of carbonyl (C=O) groups excluding carboxylic acids is 1. The van der Waals surface area contributed by atoms with Gasteiger partial charge in [-0.25, -0.2) is 4.79 Å². The van der Waals surface area contributed by atoms with Gasteiger partial charge in [0.15, 0.2) is 0 Å². The van der Waals surface area contributed by atoms with Gasteiger partial charge < -0.3 is 14.2 Å². The van der Waals surface area contributed by atoms with Crippen molar-refractivity contribution in [2.24, 2.45) is 0 Å². The van der Waals surface area contributed by atoms with E-state index in [0.29, 0.717) is 17.9 Å². The van der Waals surface area contributed by atoms with Gasteiger partial charge in [0.1, 0.15) is 17.4 Å². The summed E-state index contributed by atoms with van der Waals surface area (Å²) in [6, 6.07) is 5.55. The van der Waals surface area contributed by atoms with Crippen LogP contribution in [0.15, 0.2) is 18.2 Å². The van der Waals surface area contributed by atoms with Crippen LogP contribution in [0.1, 0.15) is 41.8 Å². The van der Waals surface area contributed by atoms with Crippen molar-refractivity contribution < 1.29 is 19.0 Å². The molecule has 18 heavy (non-hydrogen) atoms. The number of unbranched alkanes of at least 4 members (excludes halogenated alkanes) is 1. The Labute approximate surface area is 107 Å². The van der Waals surface area contributed by atoms with Crippen molar-refractivity contribution in [2.45, 2.75) is 25.9 Å². The van der Waals surface area contributed by atoms with Crippen LogP contribution in [-0.2, 0) is 9.47 Å². The number of rotatable bonds is 6. The molecule has 4 heteroatoms. The molecule has 0 bridgehead atoms. The molecule has 0 spiro atoms. The van der Waals surface area contributed by atoms with Gasteiger partial charge in [-0.15, -0.1) is 0 Å². The van der Waals surface area contributed by atoms with Crippen molar-refractivity contribution in [3.05, 3.63) is 29.3 Å². The molecule has 1 heterocycles. The molecule has 0 saturated carbocycles. The van der Waals surface area contributed by atoms with Crippen molar-refractivity contribution in [3.8, 4) is 5.75 Å². The lowest BCUT2D eigenvalue weighted by Crippen LogP contribution is -2.07. The highest BCUT2D eigenvalue weighted by Gasteiger charge is 2.26. The minimum atomic E-state index is -0.371. The zero-order chi connectivity index (χ0) is 13.0. The van der Waals surface area contributed by atoms with E-state index in [1.54, 1.807) is 6.07 Å². The predicted octanol–water partition coefficient (Wildman–Crippen LogP) is 2.72. The summed E-state index contributed by atoms with van der Waals surface area (Å²) in [5, 5.41) is 0. The van der Waals surface area contributed by atoms with Crippen LogP contribution in [-0.4, -0.2) is 26.3 Å². The summed E-state index contributed by atoms with van der Waals surface area (Å²) in [6.45, 7) is 3.43. The molecule has 0 unspecified atom stereocenters. The van der Waals surface area contributed by atoms with Gasteiger partial charge in [0.05, 0.1) is 20.3 Å². The monoisotopic (exact) mass is 250 g/mol. The maximum atomic E-state index is 11.7. The van der Waals surface area contributed by atoms with Gasteiger partial charge in [0, 0.05) is 0 Å². The molecule has 1 aromatic rings. The zero-order valence-electron chi connectivity index (χ0n) is 10.8. The second-order valence-electron chi connectivity index (χ2n) is 4.27. The third-order valence-electron chi connectivity index (χ3n) is 2.87. The Hall–Kier alpha value is -1.55. The number of methoxy groups -OCH3 is 1. The van der Waals surface area contributed by atoms with Gasteiger partial charge in [0.2, 0.25) is 0 Å². The summed E-state index contributed by atoms with van der Waals surface area (Å²) in [7, 11) is 1.37. The Balaban J connectivity index is 2.17. The maximum absolute atomic E-state index is 11.7. The molecule has 1 atom stereocenters. The van der Waals surface area contributed by atoms with E-state index >= 15 is 0 Å². The van der Waals surface area contributed by atoms with Crippen molar-refractivity contribution in [1.82, 2.24) is 0 Å². The predicted molar refractivity (Wildman–Crippen MR) is 66.9 cm³/mol. The first-order chi connectivity index (χ1) is 8.76. The molecule has 1 aliphatic rings. The van der Waals surface area contributed by atoms with Gasteiger partial charge in [-0.2, -0.15) is 0 Å². The van der Waals surface area contributed by atoms with Crippen molar-refractivity contribution in [3.63, 3.8) is 0 Å². The Morgan fingerprint density at radius 1 is 1.50 bits per heavy atom. The van der Waals surface area contributed by atoms with Crippen molar-refractivity contribution in [2.75, 3.05) is 20.3 Å². The largest absolute Gasteiger partial charge is 0.493 e. The minimum absolute atomic E-state index is 0.123. The lowest BCUT2D eigenvalue weighted by molar-refractivity contribution is 0.0596. The molecule has 0 radical (unpaired) electrons. The number of epoxide rings is 1. The van der Waals surface area contributed by atoms with Crippen LogP contribution in [0, 0.1) is 0 Å². The van der Waals surface area contributed by atoms with Crippen LogP contribution in [0.4, 0.5) is 0 Å². The Morgan fingerprint density at radius 2 is 2.28 bits per heavy atom. The topological polar surface area (TPSA) is 48.1 Å². The summed E-state index contributed by atoms with van der Waals surface area (Å²) in [4.78, 5) is 11.7. The molecule has 4 nitrogen and oxygen atoms in total. The first-order valence-corrected chi connectivity index (χ1v) is 6.23. The molecule has 1 aromatic carbocycles. The molecule has 1 aliphatic heterocycles. The Kier molecular flexibility index (Phi) is 4.20. The van der Waals surface area contributed by atoms with Crippen LogP contribution in [0.3, 0.4) is 0 Å². The van der Waals surface area contributed by atoms with Crippen LogP contribution >= 0.6 is 0 Å². The molecule has 0 N–H and O–H groups in total. The van der Waals surface area contributed by atoms with E-state index < -0.39 is 0 Å². The maximum Gasteiger partial charge on any atom is 0.341 e. The second-order valence-corrected chi connectivity index (χ2v) is 4.27. The number of carbonyl (C=O) groups is 1. The molecule has 0 aromatic heterocycles. The van der Waals surface area contributed by atoms with E-state index in [1.807, 2.05) is 12.1 Å². The van der Waals surface area contributed by atoms with Crippen LogP contribution in [0.2, 0.25) is 0 Å². The van der Waals surface area contributed by atoms with E-state index in [0.717, 1.165) is 25.0 Å². The first-order valence-electron chi connectivity index (χ1n) is 6.23. The summed E-state index contributed by atoms with van der Waals surface area (Å²) in [5.41, 5.74) is 1.47. The van der Waals surface area contributed by atoms with Gasteiger partial charge in [-0.05, 0) is 24.1 Å². The number of benzene rings is 1. The van der Waals surface area contributed by atoms with Crippen molar-refractivity contribution in [1.29, 1.82) is 0 Å². The Bertz CT molecular complexity index is 424.